The van der Waals surface area contributed by atoms with Gasteiger partial charge in [-0.05, 0) is 67.6 Å². The number of benzene rings is 2. The maximum atomic E-state index is 12.2. The van der Waals surface area contributed by atoms with E-state index < -0.39 is 0 Å². The SMILES string of the molecule is CCCCCOCCCCCNNC(=O)c1ccc(CNC(=O)c2ccc(OC)cc2)cc1. The predicted octanol–water partition coefficient (Wildman–Crippen LogP) is 4.24. The standard InChI is InChI=1S/C26H37N3O4/c1-3-4-7-18-33-19-8-5-6-17-28-29-26(31)23-11-9-21(10-12-23)20-27-25(30)22-13-15-24(32-2)16-14-22/h9-16,28H,3-8,17-20H2,1-2H3,(H,27,30)(H,29,31). The first-order valence-electron chi connectivity index (χ1n) is 11.8. The summed E-state index contributed by atoms with van der Waals surface area (Å²) in [5.41, 5.74) is 7.75. The van der Waals surface area contributed by atoms with E-state index in [1.165, 1.54) is 12.8 Å². The minimum atomic E-state index is -0.178. The van der Waals surface area contributed by atoms with Crippen molar-refractivity contribution in [1.82, 2.24) is 16.2 Å². The van der Waals surface area contributed by atoms with Gasteiger partial charge in [-0.15, -0.1) is 0 Å². The lowest BCUT2D eigenvalue weighted by molar-refractivity contribution is 0.0928. The van der Waals surface area contributed by atoms with Crippen molar-refractivity contribution < 1.29 is 19.1 Å². The van der Waals surface area contributed by atoms with E-state index in [4.69, 9.17) is 9.47 Å². The highest BCUT2D eigenvalue weighted by atomic mass is 16.5. The average Bonchev–Trinajstić information content (AvgIpc) is 2.86. The van der Waals surface area contributed by atoms with Crippen LogP contribution in [0.2, 0.25) is 0 Å². The molecule has 33 heavy (non-hydrogen) atoms. The van der Waals surface area contributed by atoms with Gasteiger partial charge < -0.3 is 14.8 Å². The fourth-order valence-corrected chi connectivity index (χ4v) is 3.17. The Morgan fingerprint density at radius 2 is 1.42 bits per heavy atom. The molecule has 0 aromatic heterocycles. The molecule has 0 saturated carbocycles. The second kappa shape index (κ2) is 15.8. The summed E-state index contributed by atoms with van der Waals surface area (Å²) in [6, 6.07) is 14.1. The number of carbonyl (C=O) groups is 2. The van der Waals surface area contributed by atoms with Crippen molar-refractivity contribution in [2.45, 2.75) is 52.0 Å². The third-order valence-corrected chi connectivity index (χ3v) is 5.21. The van der Waals surface area contributed by atoms with E-state index in [1.807, 2.05) is 12.1 Å². The third-order valence-electron chi connectivity index (χ3n) is 5.21. The fraction of sp³-hybridized carbons (Fsp3) is 0.462. The van der Waals surface area contributed by atoms with Crippen molar-refractivity contribution in [1.29, 1.82) is 0 Å². The molecule has 0 aliphatic heterocycles. The minimum absolute atomic E-state index is 0.160. The Morgan fingerprint density at radius 1 is 0.788 bits per heavy atom. The van der Waals surface area contributed by atoms with E-state index >= 15 is 0 Å². The summed E-state index contributed by atoms with van der Waals surface area (Å²) in [6.45, 7) is 4.96. The number of unbranched alkanes of at least 4 members (excludes halogenated alkanes) is 4. The number of hydrogen-bond donors (Lipinski definition) is 3. The Balaban J connectivity index is 1.59. The second-order valence-electron chi connectivity index (χ2n) is 7.87. The molecular weight excluding hydrogens is 418 g/mol. The molecule has 0 aliphatic carbocycles. The minimum Gasteiger partial charge on any atom is -0.497 e. The van der Waals surface area contributed by atoms with Crippen LogP contribution in [0.25, 0.3) is 0 Å². The number of nitrogens with one attached hydrogen (secondary N) is 3. The van der Waals surface area contributed by atoms with Crippen LogP contribution in [0, 0.1) is 0 Å². The molecule has 7 heteroatoms. The molecular formula is C26H37N3O4. The van der Waals surface area contributed by atoms with Gasteiger partial charge in [0.25, 0.3) is 11.8 Å². The Labute approximate surface area is 197 Å². The van der Waals surface area contributed by atoms with Crippen LogP contribution in [0.1, 0.15) is 71.7 Å². The smallest absolute Gasteiger partial charge is 0.265 e. The van der Waals surface area contributed by atoms with Crippen LogP contribution in [-0.4, -0.2) is 38.7 Å². The molecule has 180 valence electrons. The number of hydrazine groups is 1. The predicted molar refractivity (Wildman–Crippen MR) is 130 cm³/mol. The van der Waals surface area contributed by atoms with Crippen molar-refractivity contribution in [3.05, 3.63) is 65.2 Å². The van der Waals surface area contributed by atoms with Crippen LogP contribution in [0.4, 0.5) is 0 Å². The maximum absolute atomic E-state index is 12.2. The Bertz CT molecular complexity index is 822. The number of rotatable bonds is 16. The number of methoxy groups -OCH3 is 1. The Hall–Kier alpha value is -2.90. The molecule has 0 heterocycles. The summed E-state index contributed by atoms with van der Waals surface area (Å²) in [7, 11) is 1.59. The first-order chi connectivity index (χ1) is 16.1. The van der Waals surface area contributed by atoms with Crippen LogP contribution >= 0.6 is 0 Å². The maximum Gasteiger partial charge on any atom is 0.265 e. The van der Waals surface area contributed by atoms with Crippen LogP contribution < -0.4 is 20.9 Å². The zero-order chi connectivity index (χ0) is 23.7. The van der Waals surface area contributed by atoms with Gasteiger partial charge >= 0.3 is 0 Å². The Morgan fingerprint density at radius 3 is 2.09 bits per heavy atom. The highest BCUT2D eigenvalue weighted by molar-refractivity contribution is 5.94. The molecule has 2 aromatic carbocycles. The summed E-state index contributed by atoms with van der Waals surface area (Å²) < 4.78 is 10.7. The topological polar surface area (TPSA) is 88.7 Å². The molecule has 0 fully saturated rings. The van der Waals surface area contributed by atoms with Crippen LogP contribution in [0.5, 0.6) is 5.75 Å². The van der Waals surface area contributed by atoms with Gasteiger partial charge in [0.1, 0.15) is 5.75 Å². The van der Waals surface area contributed by atoms with Crippen molar-refractivity contribution in [3.63, 3.8) is 0 Å². The molecule has 0 unspecified atom stereocenters. The van der Waals surface area contributed by atoms with Crippen LogP contribution in [0.15, 0.2) is 48.5 Å². The molecule has 2 rings (SSSR count). The summed E-state index contributed by atoms with van der Waals surface area (Å²) in [6.07, 6.45) is 6.67. The molecule has 3 N–H and O–H groups in total. The van der Waals surface area contributed by atoms with Gasteiger partial charge in [0.05, 0.1) is 7.11 Å². The monoisotopic (exact) mass is 455 g/mol. The Kier molecular flexibility index (Phi) is 12.6. The van der Waals surface area contributed by atoms with Crippen LogP contribution in [0.3, 0.4) is 0 Å². The lowest BCUT2D eigenvalue weighted by Gasteiger charge is -2.09. The van der Waals surface area contributed by atoms with E-state index in [-0.39, 0.29) is 11.8 Å². The van der Waals surface area contributed by atoms with Gasteiger partial charge in [-0.3, -0.25) is 15.0 Å². The van der Waals surface area contributed by atoms with E-state index in [0.717, 1.165) is 51.0 Å². The summed E-state index contributed by atoms with van der Waals surface area (Å²) in [5.74, 6) is 0.368. The molecule has 2 amide bonds. The highest BCUT2D eigenvalue weighted by Gasteiger charge is 2.07. The number of hydrogen-bond acceptors (Lipinski definition) is 5. The normalized spacial score (nSPS) is 10.6. The fourth-order valence-electron chi connectivity index (χ4n) is 3.17. The summed E-state index contributed by atoms with van der Waals surface area (Å²) in [5, 5.41) is 2.88. The van der Waals surface area contributed by atoms with Gasteiger partial charge in [-0.1, -0.05) is 31.9 Å². The molecule has 2 aromatic rings. The van der Waals surface area contributed by atoms with Gasteiger partial charge in [0.15, 0.2) is 0 Å². The summed E-state index contributed by atoms with van der Waals surface area (Å²) in [4.78, 5) is 24.5. The van der Waals surface area contributed by atoms with Crippen LogP contribution in [-0.2, 0) is 11.3 Å². The number of carbonyl (C=O) groups excluding carboxylic acids is 2. The second-order valence-corrected chi connectivity index (χ2v) is 7.87. The van der Waals surface area contributed by atoms with Gasteiger partial charge in [-0.2, -0.15) is 0 Å². The zero-order valence-corrected chi connectivity index (χ0v) is 19.8. The first kappa shape index (κ1) is 26.4. The van der Waals surface area contributed by atoms with Crippen molar-refractivity contribution in [2.75, 3.05) is 26.9 Å². The van der Waals surface area contributed by atoms with Gasteiger partial charge in [-0.25, -0.2) is 5.43 Å². The lowest BCUT2D eigenvalue weighted by atomic mass is 10.1. The molecule has 0 aliphatic rings. The van der Waals surface area contributed by atoms with Gasteiger partial charge in [0.2, 0.25) is 0 Å². The average molecular weight is 456 g/mol. The van der Waals surface area contributed by atoms with E-state index in [2.05, 4.69) is 23.1 Å². The molecule has 0 spiro atoms. The van der Waals surface area contributed by atoms with Crippen molar-refractivity contribution in [3.8, 4) is 5.75 Å². The largest absolute Gasteiger partial charge is 0.497 e. The number of ether oxygens (including phenoxy) is 2. The highest BCUT2D eigenvalue weighted by Crippen LogP contribution is 2.11. The van der Waals surface area contributed by atoms with E-state index in [9.17, 15) is 9.59 Å². The number of amides is 2. The quantitative estimate of drug-likeness (QED) is 0.260. The molecule has 0 atom stereocenters. The van der Waals surface area contributed by atoms with Crippen molar-refractivity contribution >= 4 is 11.8 Å². The van der Waals surface area contributed by atoms with Crippen molar-refractivity contribution in [2.24, 2.45) is 0 Å². The molecule has 0 radical (unpaired) electrons. The summed E-state index contributed by atoms with van der Waals surface area (Å²) >= 11 is 0. The third kappa shape index (κ3) is 10.5. The van der Waals surface area contributed by atoms with E-state index in [0.29, 0.717) is 23.4 Å². The lowest BCUT2D eigenvalue weighted by Crippen LogP contribution is -2.37. The molecule has 7 nitrogen and oxygen atoms in total. The first-order valence-corrected chi connectivity index (χ1v) is 11.8. The molecule has 0 saturated heterocycles. The molecule has 0 bridgehead atoms. The van der Waals surface area contributed by atoms with Gasteiger partial charge in [0, 0.05) is 37.4 Å². The zero-order valence-electron chi connectivity index (χ0n) is 19.8. The van der Waals surface area contributed by atoms with E-state index in [1.54, 1.807) is 43.5 Å².